The van der Waals surface area contributed by atoms with Crippen molar-refractivity contribution >= 4 is 5.97 Å². The van der Waals surface area contributed by atoms with E-state index < -0.39 is 41.1 Å². The van der Waals surface area contributed by atoms with Crippen molar-refractivity contribution in [2.75, 3.05) is 7.11 Å². The van der Waals surface area contributed by atoms with Gasteiger partial charge in [0.15, 0.2) is 0 Å². The lowest BCUT2D eigenvalue weighted by Crippen LogP contribution is -2.18. The maximum Gasteiger partial charge on any atom is 0.416 e. The molecule has 1 radical (unpaired) electrons. The van der Waals surface area contributed by atoms with Crippen LogP contribution in [0.15, 0.2) is 18.2 Å². The Morgan fingerprint density at radius 2 is 1.40 bits per heavy atom. The van der Waals surface area contributed by atoms with E-state index >= 15 is 0 Å². The Morgan fingerprint density at radius 1 is 1.00 bits per heavy atom. The minimum atomic E-state index is -5.06. The molecule has 0 spiro atoms. The van der Waals surface area contributed by atoms with Gasteiger partial charge in [0.1, 0.15) is 0 Å². The van der Waals surface area contributed by atoms with Crippen LogP contribution >= 0.6 is 0 Å². The molecule has 0 saturated heterocycles. The first-order valence-corrected chi connectivity index (χ1v) is 4.91. The molecule has 0 fully saturated rings. The normalized spacial score (nSPS) is 12.7. The van der Waals surface area contributed by atoms with E-state index in [1.165, 1.54) is 0 Å². The fourth-order valence-electron chi connectivity index (χ4n) is 1.31. The number of carbonyl (C=O) groups is 1. The highest BCUT2D eigenvalue weighted by Gasteiger charge is 2.38. The van der Waals surface area contributed by atoms with Crippen molar-refractivity contribution in [1.82, 2.24) is 0 Å². The fourth-order valence-corrected chi connectivity index (χ4v) is 1.31. The van der Waals surface area contributed by atoms with E-state index in [1.807, 2.05) is 0 Å². The summed E-state index contributed by atoms with van der Waals surface area (Å²) in [6.07, 6.45) is -11.5. The minimum absolute atomic E-state index is 0.117. The van der Waals surface area contributed by atoms with Gasteiger partial charge in [0.05, 0.1) is 18.2 Å². The quantitative estimate of drug-likeness (QED) is 0.674. The van der Waals surface area contributed by atoms with E-state index in [0.29, 0.717) is 0 Å². The summed E-state index contributed by atoms with van der Waals surface area (Å²) >= 11 is 0. The zero-order valence-electron chi connectivity index (χ0n) is 9.76. The largest absolute Gasteiger partial charge is 0.467 e. The smallest absolute Gasteiger partial charge is 0.416 e. The molecule has 0 unspecified atom stereocenters. The summed E-state index contributed by atoms with van der Waals surface area (Å²) in [4.78, 5) is 11.0. The molecule has 0 amide bonds. The van der Waals surface area contributed by atoms with Crippen molar-refractivity contribution < 1.29 is 41.0 Å². The van der Waals surface area contributed by atoms with Crippen LogP contribution in [0.3, 0.4) is 0 Å². The van der Waals surface area contributed by atoms with E-state index in [0.717, 1.165) is 7.11 Å². The molecule has 0 aliphatic carbocycles. The van der Waals surface area contributed by atoms with Gasteiger partial charge >= 0.3 is 18.3 Å². The maximum absolute atomic E-state index is 12.5. The summed E-state index contributed by atoms with van der Waals surface area (Å²) < 4.78 is 79.1. The van der Waals surface area contributed by atoms with Gasteiger partial charge in [0, 0.05) is 0 Å². The average molecular weight is 301 g/mol. The van der Waals surface area contributed by atoms with Gasteiger partial charge in [-0.2, -0.15) is 26.3 Å². The van der Waals surface area contributed by atoms with Crippen LogP contribution in [0.4, 0.5) is 26.3 Å². The fraction of sp³-hybridized carbons (Fsp3) is 0.273. The number of esters is 1. The number of hydrogen-bond donors (Lipinski definition) is 1. The molecule has 1 aromatic rings. The molecule has 0 atom stereocenters. The van der Waals surface area contributed by atoms with Gasteiger partial charge in [-0.05, 0) is 23.8 Å². The van der Waals surface area contributed by atoms with Crippen LogP contribution in [0.1, 0.15) is 16.7 Å². The zero-order chi connectivity index (χ0) is 15.7. The molecule has 1 N–H and O–H groups in total. The number of alkyl halides is 6. The van der Waals surface area contributed by atoms with Crippen LogP contribution in [0, 0.1) is 6.10 Å². The van der Waals surface area contributed by atoms with E-state index in [1.54, 1.807) is 0 Å². The summed E-state index contributed by atoms with van der Waals surface area (Å²) in [5, 5.41) is 9.28. The SMILES string of the molecule is COC(=O)[C](O)c1cc(C(F)(F)F)cc(C(F)(F)F)c1. The van der Waals surface area contributed by atoms with Gasteiger partial charge in [0.25, 0.3) is 0 Å². The van der Waals surface area contributed by atoms with Crippen molar-refractivity contribution in [2.45, 2.75) is 12.4 Å². The number of benzene rings is 1. The van der Waals surface area contributed by atoms with E-state index in [2.05, 4.69) is 4.74 Å². The Labute approximate surface area is 108 Å². The van der Waals surface area contributed by atoms with Gasteiger partial charge in [-0.15, -0.1) is 0 Å². The van der Waals surface area contributed by atoms with Crippen LogP contribution in [-0.4, -0.2) is 18.2 Å². The summed E-state index contributed by atoms with van der Waals surface area (Å²) in [7, 11) is 0.816. The van der Waals surface area contributed by atoms with Crippen molar-refractivity contribution in [3.63, 3.8) is 0 Å². The average Bonchev–Trinajstić information content (AvgIpc) is 2.34. The summed E-state index contributed by atoms with van der Waals surface area (Å²) in [6, 6.07) is 0.330. The molecule has 0 aliphatic heterocycles. The topological polar surface area (TPSA) is 46.5 Å². The van der Waals surface area contributed by atoms with Crippen LogP contribution in [0.5, 0.6) is 0 Å². The number of carbonyl (C=O) groups excluding carboxylic acids is 1. The van der Waals surface area contributed by atoms with Crippen LogP contribution in [-0.2, 0) is 21.9 Å². The molecule has 20 heavy (non-hydrogen) atoms. The molecule has 3 nitrogen and oxygen atoms in total. The van der Waals surface area contributed by atoms with Gasteiger partial charge < -0.3 is 9.84 Å². The highest BCUT2D eigenvalue weighted by molar-refractivity contribution is 5.87. The summed E-state index contributed by atoms with van der Waals surface area (Å²) in [6.45, 7) is 0. The zero-order valence-corrected chi connectivity index (χ0v) is 9.76. The lowest BCUT2D eigenvalue weighted by Gasteiger charge is -2.15. The van der Waals surface area contributed by atoms with Gasteiger partial charge in [0.2, 0.25) is 6.10 Å². The van der Waals surface area contributed by atoms with E-state index in [4.69, 9.17) is 0 Å². The van der Waals surface area contributed by atoms with Crippen molar-refractivity contribution in [2.24, 2.45) is 0 Å². The molecule has 1 rings (SSSR count). The van der Waals surface area contributed by atoms with Crippen molar-refractivity contribution in [3.8, 4) is 0 Å². The maximum atomic E-state index is 12.5. The predicted octanol–water partition coefficient (Wildman–Crippen LogP) is 3.15. The number of aliphatic hydroxyl groups is 1. The minimum Gasteiger partial charge on any atom is -0.467 e. The van der Waals surface area contributed by atoms with Crippen molar-refractivity contribution in [3.05, 3.63) is 41.0 Å². The lowest BCUT2D eigenvalue weighted by atomic mass is 10.0. The molecule has 111 valence electrons. The summed E-state index contributed by atoms with van der Waals surface area (Å²) in [5.74, 6) is -1.45. The molecular weight excluding hydrogens is 294 g/mol. The number of rotatable bonds is 2. The Kier molecular flexibility index (Phi) is 4.33. The van der Waals surface area contributed by atoms with Crippen molar-refractivity contribution in [1.29, 1.82) is 0 Å². The second-order valence-corrected chi connectivity index (χ2v) is 3.63. The lowest BCUT2D eigenvalue weighted by molar-refractivity contribution is -0.145. The molecule has 0 heterocycles. The van der Waals surface area contributed by atoms with Crippen LogP contribution in [0.2, 0.25) is 0 Å². The highest BCUT2D eigenvalue weighted by atomic mass is 19.4. The predicted molar refractivity (Wildman–Crippen MR) is 52.7 cm³/mol. The second-order valence-electron chi connectivity index (χ2n) is 3.63. The molecule has 0 aromatic heterocycles. The standard InChI is InChI=1S/C11H7F6O3/c1-20-9(19)8(18)5-2-6(10(12,13)14)4-7(3-5)11(15,16)17/h2-4,18H,1H3. The molecule has 1 aromatic carbocycles. The number of aliphatic hydroxyl groups excluding tert-OH is 1. The number of hydrogen-bond acceptors (Lipinski definition) is 3. The first-order valence-electron chi connectivity index (χ1n) is 4.91. The van der Waals surface area contributed by atoms with Gasteiger partial charge in [-0.25, -0.2) is 4.79 Å². The summed E-state index contributed by atoms with van der Waals surface area (Å²) in [5.41, 5.74) is -4.21. The van der Waals surface area contributed by atoms with E-state index in [-0.39, 0.29) is 18.2 Å². The number of halogens is 6. The Hall–Kier alpha value is -1.77. The number of ether oxygens (including phenoxy) is 1. The third kappa shape index (κ3) is 3.62. The Morgan fingerprint density at radius 3 is 1.70 bits per heavy atom. The molecule has 0 bridgehead atoms. The molecular formula is C11H7F6O3. The highest BCUT2D eigenvalue weighted by Crippen LogP contribution is 2.37. The second kappa shape index (κ2) is 5.31. The molecule has 9 heteroatoms. The molecule has 0 aliphatic rings. The van der Waals surface area contributed by atoms with Crippen LogP contribution < -0.4 is 0 Å². The first-order chi connectivity index (χ1) is 8.96. The Balaban J connectivity index is 3.42. The molecule has 0 saturated carbocycles. The first kappa shape index (κ1) is 16.3. The third-order valence-electron chi connectivity index (χ3n) is 2.24. The number of methoxy groups -OCH3 is 1. The monoisotopic (exact) mass is 301 g/mol. The van der Waals surface area contributed by atoms with Crippen LogP contribution in [0.25, 0.3) is 0 Å². The Bertz CT molecular complexity index is 474. The van der Waals surface area contributed by atoms with Gasteiger partial charge in [-0.3, -0.25) is 0 Å². The van der Waals surface area contributed by atoms with E-state index in [9.17, 15) is 36.2 Å². The van der Waals surface area contributed by atoms with Gasteiger partial charge in [-0.1, -0.05) is 0 Å². The third-order valence-corrected chi connectivity index (χ3v) is 2.24.